The molecular weight excluding hydrogens is 266 g/mol. The zero-order valence-corrected chi connectivity index (χ0v) is 11.5. The smallest absolute Gasteiger partial charge is 0.142 e. The highest BCUT2D eigenvalue weighted by Crippen LogP contribution is 2.24. The van der Waals surface area contributed by atoms with E-state index in [1.807, 2.05) is 12.1 Å². The summed E-state index contributed by atoms with van der Waals surface area (Å²) in [6.07, 6.45) is 0. The van der Waals surface area contributed by atoms with Crippen molar-refractivity contribution in [2.45, 2.75) is 6.61 Å². The molecule has 0 aliphatic rings. The molecule has 0 amide bonds. The van der Waals surface area contributed by atoms with Crippen LogP contribution in [0.3, 0.4) is 0 Å². The first-order chi connectivity index (χ1) is 10.2. The van der Waals surface area contributed by atoms with Crippen LogP contribution >= 0.6 is 0 Å². The fraction of sp³-hybridized carbons (Fsp3) is 0.125. The molecule has 2 rings (SSSR count). The van der Waals surface area contributed by atoms with Gasteiger partial charge in [0.2, 0.25) is 0 Å². The van der Waals surface area contributed by atoms with E-state index in [1.165, 1.54) is 7.11 Å². The third-order valence-electron chi connectivity index (χ3n) is 2.92. The summed E-state index contributed by atoms with van der Waals surface area (Å²) in [5, 5.41) is 17.8. The van der Waals surface area contributed by atoms with E-state index in [0.29, 0.717) is 28.3 Å². The van der Waals surface area contributed by atoms with E-state index in [0.717, 1.165) is 5.56 Å². The number of benzene rings is 2. The highest BCUT2D eigenvalue weighted by atomic mass is 16.5. The van der Waals surface area contributed by atoms with Crippen molar-refractivity contribution in [1.29, 1.82) is 10.5 Å². The molecule has 0 atom stereocenters. The molecule has 0 spiro atoms. The summed E-state index contributed by atoms with van der Waals surface area (Å²) < 4.78 is 10.7. The summed E-state index contributed by atoms with van der Waals surface area (Å²) in [5.74, 6) is 1.03. The highest BCUT2D eigenvalue weighted by Gasteiger charge is 2.06. The molecule has 21 heavy (non-hydrogen) atoms. The molecule has 0 saturated carbocycles. The molecule has 2 N–H and O–H groups in total. The minimum absolute atomic E-state index is 0.273. The fourth-order valence-electron chi connectivity index (χ4n) is 1.84. The maximum Gasteiger partial charge on any atom is 0.142 e. The lowest BCUT2D eigenvalue weighted by Gasteiger charge is -2.10. The summed E-state index contributed by atoms with van der Waals surface area (Å²) in [6.45, 7) is 0.273. The van der Waals surface area contributed by atoms with Crippen molar-refractivity contribution in [1.82, 2.24) is 0 Å². The molecule has 0 bridgehead atoms. The predicted molar refractivity (Wildman–Crippen MR) is 77.6 cm³/mol. The molecular formula is C16H13N3O2. The summed E-state index contributed by atoms with van der Waals surface area (Å²) >= 11 is 0. The highest BCUT2D eigenvalue weighted by molar-refractivity contribution is 5.56. The molecule has 2 aromatic carbocycles. The van der Waals surface area contributed by atoms with Crippen LogP contribution in [-0.2, 0) is 6.61 Å². The van der Waals surface area contributed by atoms with Crippen LogP contribution in [0, 0.1) is 22.7 Å². The number of nitriles is 2. The Labute approximate surface area is 122 Å². The van der Waals surface area contributed by atoms with Gasteiger partial charge in [-0.3, -0.25) is 0 Å². The van der Waals surface area contributed by atoms with E-state index in [1.54, 1.807) is 30.3 Å². The summed E-state index contributed by atoms with van der Waals surface area (Å²) in [7, 11) is 1.52. The van der Waals surface area contributed by atoms with Crippen LogP contribution in [0.4, 0.5) is 5.69 Å². The molecule has 2 aromatic rings. The zero-order valence-electron chi connectivity index (χ0n) is 11.5. The fourth-order valence-corrected chi connectivity index (χ4v) is 1.84. The number of rotatable bonds is 4. The van der Waals surface area contributed by atoms with Gasteiger partial charge in [0, 0.05) is 0 Å². The van der Waals surface area contributed by atoms with Crippen LogP contribution < -0.4 is 15.2 Å². The summed E-state index contributed by atoms with van der Waals surface area (Å²) in [4.78, 5) is 0. The Balaban J connectivity index is 2.14. The van der Waals surface area contributed by atoms with Crippen LogP contribution in [0.25, 0.3) is 0 Å². The Morgan fingerprint density at radius 1 is 1.05 bits per heavy atom. The number of nitrogen functional groups attached to an aromatic ring is 1. The van der Waals surface area contributed by atoms with Crippen molar-refractivity contribution in [2.75, 3.05) is 12.8 Å². The normalized spacial score (nSPS) is 9.48. The maximum absolute atomic E-state index is 9.04. The van der Waals surface area contributed by atoms with Gasteiger partial charge in [-0.1, -0.05) is 6.07 Å². The maximum atomic E-state index is 9.04. The van der Waals surface area contributed by atoms with E-state index >= 15 is 0 Å². The van der Waals surface area contributed by atoms with Gasteiger partial charge in [0.15, 0.2) is 0 Å². The molecule has 0 radical (unpaired) electrons. The minimum atomic E-state index is 0.273. The lowest BCUT2D eigenvalue weighted by molar-refractivity contribution is 0.307. The van der Waals surface area contributed by atoms with Crippen molar-refractivity contribution in [3.63, 3.8) is 0 Å². The second kappa shape index (κ2) is 6.31. The van der Waals surface area contributed by atoms with E-state index < -0.39 is 0 Å². The van der Waals surface area contributed by atoms with Gasteiger partial charge >= 0.3 is 0 Å². The van der Waals surface area contributed by atoms with Gasteiger partial charge < -0.3 is 15.2 Å². The average Bonchev–Trinajstić information content (AvgIpc) is 2.53. The van der Waals surface area contributed by atoms with E-state index in [9.17, 15) is 0 Å². The predicted octanol–water partition coefficient (Wildman–Crippen LogP) is 2.60. The minimum Gasteiger partial charge on any atom is -0.495 e. The lowest BCUT2D eigenvalue weighted by Crippen LogP contribution is -2.00. The van der Waals surface area contributed by atoms with Gasteiger partial charge in [-0.25, -0.2) is 0 Å². The number of nitrogens with zero attached hydrogens (tertiary/aromatic N) is 2. The molecule has 0 aliphatic heterocycles. The van der Waals surface area contributed by atoms with Crippen molar-refractivity contribution in [3.8, 4) is 23.6 Å². The topological polar surface area (TPSA) is 92.1 Å². The van der Waals surface area contributed by atoms with Gasteiger partial charge in [-0.2, -0.15) is 10.5 Å². The number of hydrogen-bond donors (Lipinski definition) is 1. The molecule has 0 heterocycles. The molecule has 0 aromatic heterocycles. The molecule has 0 fully saturated rings. The Morgan fingerprint density at radius 2 is 1.81 bits per heavy atom. The van der Waals surface area contributed by atoms with Gasteiger partial charge in [0.05, 0.1) is 30.0 Å². The number of anilines is 1. The molecule has 5 heteroatoms. The van der Waals surface area contributed by atoms with Crippen molar-refractivity contribution in [3.05, 3.63) is 53.1 Å². The van der Waals surface area contributed by atoms with Crippen LogP contribution in [-0.4, -0.2) is 7.11 Å². The molecule has 5 nitrogen and oxygen atoms in total. The summed E-state index contributed by atoms with van der Waals surface area (Å²) in [5.41, 5.74) is 7.98. The van der Waals surface area contributed by atoms with E-state index in [2.05, 4.69) is 6.07 Å². The lowest BCUT2D eigenvalue weighted by atomic mass is 10.1. The Kier molecular flexibility index (Phi) is 4.28. The van der Waals surface area contributed by atoms with Crippen LogP contribution in [0.2, 0.25) is 0 Å². The summed E-state index contributed by atoms with van der Waals surface area (Å²) in [6, 6.07) is 14.2. The van der Waals surface area contributed by atoms with E-state index in [4.69, 9.17) is 25.7 Å². The Hall–Kier alpha value is -3.18. The largest absolute Gasteiger partial charge is 0.495 e. The first-order valence-electron chi connectivity index (χ1n) is 6.17. The quantitative estimate of drug-likeness (QED) is 0.868. The number of hydrogen-bond acceptors (Lipinski definition) is 5. The number of ether oxygens (including phenoxy) is 2. The van der Waals surface area contributed by atoms with Gasteiger partial charge in [0.1, 0.15) is 24.2 Å². The van der Waals surface area contributed by atoms with Crippen LogP contribution in [0.1, 0.15) is 16.7 Å². The van der Waals surface area contributed by atoms with Crippen LogP contribution in [0.15, 0.2) is 36.4 Å². The van der Waals surface area contributed by atoms with Crippen molar-refractivity contribution < 1.29 is 9.47 Å². The standard InChI is InChI=1S/C16H13N3O2/c1-20-15-4-3-12(6-13(15)9-18)10-21-16-5-2-11(8-17)7-14(16)19/h2-7H,10,19H2,1H3. The van der Waals surface area contributed by atoms with Gasteiger partial charge in [0.25, 0.3) is 0 Å². The van der Waals surface area contributed by atoms with Gasteiger partial charge in [-0.15, -0.1) is 0 Å². The zero-order chi connectivity index (χ0) is 15.2. The second-order valence-electron chi connectivity index (χ2n) is 4.30. The van der Waals surface area contributed by atoms with Crippen LogP contribution in [0.5, 0.6) is 11.5 Å². The number of nitrogens with two attached hydrogens (primary N) is 1. The third kappa shape index (κ3) is 3.23. The molecule has 0 unspecified atom stereocenters. The molecule has 0 saturated heterocycles. The monoisotopic (exact) mass is 279 g/mol. The Morgan fingerprint density at radius 3 is 2.43 bits per heavy atom. The Bertz CT molecular complexity index is 742. The first-order valence-corrected chi connectivity index (χ1v) is 6.17. The number of methoxy groups -OCH3 is 1. The van der Waals surface area contributed by atoms with Crippen molar-refractivity contribution in [2.24, 2.45) is 0 Å². The average molecular weight is 279 g/mol. The third-order valence-corrected chi connectivity index (χ3v) is 2.92. The molecule has 104 valence electrons. The molecule has 0 aliphatic carbocycles. The van der Waals surface area contributed by atoms with Gasteiger partial charge in [-0.05, 0) is 35.9 Å². The first kappa shape index (κ1) is 14.2. The van der Waals surface area contributed by atoms with Crippen molar-refractivity contribution >= 4 is 5.69 Å². The SMILES string of the molecule is COc1ccc(COc2ccc(C#N)cc2N)cc1C#N. The van der Waals surface area contributed by atoms with E-state index in [-0.39, 0.29) is 6.61 Å². The second-order valence-corrected chi connectivity index (χ2v) is 4.30.